The Labute approximate surface area is 132 Å². The van der Waals surface area contributed by atoms with Gasteiger partial charge in [0.1, 0.15) is 5.56 Å². The van der Waals surface area contributed by atoms with Crippen LogP contribution in [0, 0.1) is 13.8 Å². The molecule has 9 nitrogen and oxygen atoms in total. The van der Waals surface area contributed by atoms with E-state index in [-0.39, 0.29) is 23.2 Å². The third-order valence-corrected chi connectivity index (χ3v) is 3.91. The second-order valence-corrected chi connectivity index (χ2v) is 5.58. The number of hydrogen-bond donors (Lipinski definition) is 2. The average molecular weight is 318 g/mol. The smallest absolute Gasteiger partial charge is 0.270 e. The van der Waals surface area contributed by atoms with Crippen molar-refractivity contribution in [3.05, 3.63) is 33.2 Å². The Morgan fingerprint density at radius 2 is 2.35 bits per heavy atom. The summed E-state index contributed by atoms with van der Waals surface area (Å²) in [5.74, 6) is -0.518. The Morgan fingerprint density at radius 3 is 3.00 bits per heavy atom. The van der Waals surface area contributed by atoms with Gasteiger partial charge in [-0.25, -0.2) is 0 Å². The number of tetrazole rings is 1. The molecule has 0 saturated carbocycles. The van der Waals surface area contributed by atoms with Gasteiger partial charge in [-0.1, -0.05) is 5.10 Å². The van der Waals surface area contributed by atoms with E-state index >= 15 is 0 Å². The molecule has 0 aromatic carbocycles. The molecule has 1 fully saturated rings. The maximum absolute atomic E-state index is 12.8. The SMILES string of the molecule is Cc1cc(C)n(C[C@@H]2CCCO2)c(=O)c1C(=O)Nc1nn[nH]n1. The Balaban J connectivity index is 1.92. The number of nitrogens with one attached hydrogen (secondary N) is 2. The number of rotatable bonds is 4. The topological polar surface area (TPSA) is 115 Å². The van der Waals surface area contributed by atoms with Gasteiger partial charge in [-0.15, -0.1) is 5.10 Å². The number of carbonyl (C=O) groups is 1. The quantitative estimate of drug-likeness (QED) is 0.843. The summed E-state index contributed by atoms with van der Waals surface area (Å²) in [4.78, 5) is 25.1. The van der Waals surface area contributed by atoms with Gasteiger partial charge in [-0.2, -0.15) is 5.21 Å². The first-order valence-corrected chi connectivity index (χ1v) is 7.43. The molecule has 0 aliphatic carbocycles. The van der Waals surface area contributed by atoms with Gasteiger partial charge in [0.05, 0.1) is 12.6 Å². The number of aromatic nitrogens is 5. The molecule has 1 aliphatic rings. The summed E-state index contributed by atoms with van der Waals surface area (Å²) in [6, 6.07) is 1.82. The fourth-order valence-corrected chi connectivity index (χ4v) is 2.80. The average Bonchev–Trinajstić information content (AvgIpc) is 3.16. The molecular formula is C14H18N6O3. The number of nitrogens with zero attached hydrogens (tertiary/aromatic N) is 4. The van der Waals surface area contributed by atoms with Crippen LogP contribution in [-0.4, -0.2) is 43.8 Å². The zero-order valence-electron chi connectivity index (χ0n) is 13.0. The number of hydrogen-bond acceptors (Lipinski definition) is 6. The van der Waals surface area contributed by atoms with E-state index in [1.807, 2.05) is 13.0 Å². The molecule has 1 atom stereocenters. The van der Waals surface area contributed by atoms with Crippen LogP contribution in [0.15, 0.2) is 10.9 Å². The van der Waals surface area contributed by atoms with Crippen LogP contribution in [0.4, 0.5) is 5.95 Å². The van der Waals surface area contributed by atoms with Crippen molar-refractivity contribution >= 4 is 11.9 Å². The van der Waals surface area contributed by atoms with Gasteiger partial charge in [0.2, 0.25) is 0 Å². The summed E-state index contributed by atoms with van der Waals surface area (Å²) in [6.45, 7) is 4.75. The van der Waals surface area contributed by atoms with Crippen LogP contribution >= 0.6 is 0 Å². The third-order valence-electron chi connectivity index (χ3n) is 3.91. The molecule has 0 unspecified atom stereocenters. The molecule has 0 radical (unpaired) electrons. The highest BCUT2D eigenvalue weighted by Gasteiger charge is 2.22. The highest BCUT2D eigenvalue weighted by molar-refractivity contribution is 6.04. The van der Waals surface area contributed by atoms with E-state index in [1.165, 1.54) is 0 Å². The molecule has 122 valence electrons. The van der Waals surface area contributed by atoms with Gasteiger partial charge in [0, 0.05) is 12.3 Å². The molecule has 1 saturated heterocycles. The number of pyridine rings is 1. The molecule has 0 spiro atoms. The third kappa shape index (κ3) is 3.14. The molecule has 2 N–H and O–H groups in total. The van der Waals surface area contributed by atoms with E-state index in [2.05, 4.69) is 25.9 Å². The van der Waals surface area contributed by atoms with Crippen molar-refractivity contribution in [3.63, 3.8) is 0 Å². The molecule has 2 aromatic heterocycles. The minimum atomic E-state index is -0.546. The van der Waals surface area contributed by atoms with E-state index in [0.717, 1.165) is 25.1 Å². The van der Waals surface area contributed by atoms with Crippen molar-refractivity contribution in [3.8, 4) is 0 Å². The number of amides is 1. The van der Waals surface area contributed by atoms with Gasteiger partial charge >= 0.3 is 0 Å². The minimum Gasteiger partial charge on any atom is -0.376 e. The predicted molar refractivity (Wildman–Crippen MR) is 81.3 cm³/mol. The van der Waals surface area contributed by atoms with Crippen molar-refractivity contribution in [1.29, 1.82) is 0 Å². The Bertz CT molecular complexity index is 762. The van der Waals surface area contributed by atoms with E-state index in [9.17, 15) is 9.59 Å². The molecule has 9 heteroatoms. The number of H-pyrrole nitrogens is 1. The maximum atomic E-state index is 12.8. The van der Waals surface area contributed by atoms with Gasteiger partial charge in [-0.3, -0.25) is 14.9 Å². The fraction of sp³-hybridized carbons (Fsp3) is 0.500. The van der Waals surface area contributed by atoms with E-state index in [4.69, 9.17) is 4.74 Å². The Morgan fingerprint density at radius 1 is 1.52 bits per heavy atom. The zero-order valence-corrected chi connectivity index (χ0v) is 13.0. The van der Waals surface area contributed by atoms with Crippen molar-refractivity contribution in [2.75, 3.05) is 11.9 Å². The molecule has 1 aliphatic heterocycles. The Kier molecular flexibility index (Phi) is 4.20. The highest BCUT2D eigenvalue weighted by atomic mass is 16.5. The molecule has 23 heavy (non-hydrogen) atoms. The van der Waals surface area contributed by atoms with Crippen LogP contribution < -0.4 is 10.9 Å². The fourth-order valence-electron chi connectivity index (χ4n) is 2.80. The highest BCUT2D eigenvalue weighted by Crippen LogP contribution is 2.15. The number of aryl methyl sites for hydroxylation is 2. The van der Waals surface area contributed by atoms with E-state index < -0.39 is 5.91 Å². The number of aromatic amines is 1. The summed E-state index contributed by atoms with van der Waals surface area (Å²) in [6.07, 6.45) is 1.93. The molecular weight excluding hydrogens is 300 g/mol. The molecule has 0 bridgehead atoms. The lowest BCUT2D eigenvalue weighted by molar-refractivity contribution is 0.0947. The second-order valence-electron chi connectivity index (χ2n) is 5.58. The minimum absolute atomic E-state index is 0.0159. The van der Waals surface area contributed by atoms with E-state index in [1.54, 1.807) is 11.5 Å². The van der Waals surface area contributed by atoms with Crippen LogP contribution in [0.5, 0.6) is 0 Å². The lowest BCUT2D eigenvalue weighted by Gasteiger charge is -2.17. The number of carbonyl (C=O) groups excluding carboxylic acids is 1. The van der Waals surface area contributed by atoms with Gasteiger partial charge in [0.15, 0.2) is 0 Å². The molecule has 3 rings (SSSR count). The molecule has 1 amide bonds. The van der Waals surface area contributed by atoms with Crippen LogP contribution in [-0.2, 0) is 11.3 Å². The van der Waals surface area contributed by atoms with Crippen molar-refractivity contribution < 1.29 is 9.53 Å². The van der Waals surface area contributed by atoms with Gasteiger partial charge < -0.3 is 9.30 Å². The second kappa shape index (κ2) is 6.29. The maximum Gasteiger partial charge on any atom is 0.270 e. The zero-order chi connectivity index (χ0) is 16.4. The summed E-state index contributed by atoms with van der Waals surface area (Å²) in [7, 11) is 0. The largest absolute Gasteiger partial charge is 0.376 e. The standard InChI is InChI=1S/C14H18N6O3/c1-8-6-9(2)20(7-10-4-3-5-23-10)13(22)11(8)12(21)15-14-16-18-19-17-14/h6,10H,3-5,7H2,1-2H3,(H2,15,16,17,18,19,21)/t10-/m0/s1. The predicted octanol–water partition coefficient (Wildman–Crippen LogP) is 0.410. The van der Waals surface area contributed by atoms with Crippen molar-refractivity contribution in [2.24, 2.45) is 0 Å². The number of anilines is 1. The first-order valence-electron chi connectivity index (χ1n) is 7.43. The normalized spacial score (nSPS) is 17.4. The summed E-state index contributed by atoms with van der Waals surface area (Å²) in [5.41, 5.74) is 1.16. The monoisotopic (exact) mass is 318 g/mol. The molecule has 2 aromatic rings. The van der Waals surface area contributed by atoms with Crippen LogP contribution in [0.2, 0.25) is 0 Å². The Hall–Kier alpha value is -2.55. The van der Waals surface area contributed by atoms with Crippen molar-refractivity contribution in [1.82, 2.24) is 25.2 Å². The van der Waals surface area contributed by atoms with Crippen LogP contribution in [0.3, 0.4) is 0 Å². The summed E-state index contributed by atoms with van der Waals surface area (Å²) < 4.78 is 7.18. The molecule has 3 heterocycles. The van der Waals surface area contributed by atoms with Gasteiger partial charge in [-0.05, 0) is 43.5 Å². The van der Waals surface area contributed by atoms with Crippen LogP contribution in [0.1, 0.15) is 34.5 Å². The number of ether oxygens (including phenoxy) is 1. The van der Waals surface area contributed by atoms with Gasteiger partial charge in [0.25, 0.3) is 17.4 Å². The first-order chi connectivity index (χ1) is 11.1. The lowest BCUT2D eigenvalue weighted by Crippen LogP contribution is -2.34. The summed E-state index contributed by atoms with van der Waals surface area (Å²) in [5, 5.41) is 15.4. The first kappa shape index (κ1) is 15.3. The lowest BCUT2D eigenvalue weighted by atomic mass is 10.1. The van der Waals surface area contributed by atoms with Crippen molar-refractivity contribution in [2.45, 2.75) is 39.3 Å². The summed E-state index contributed by atoms with van der Waals surface area (Å²) >= 11 is 0. The van der Waals surface area contributed by atoms with E-state index in [0.29, 0.717) is 12.1 Å². The van der Waals surface area contributed by atoms with Crippen LogP contribution in [0.25, 0.3) is 0 Å².